The summed E-state index contributed by atoms with van der Waals surface area (Å²) in [5.74, 6) is 0.132. The van der Waals surface area contributed by atoms with Gasteiger partial charge in [-0.15, -0.1) is 0 Å². The van der Waals surface area contributed by atoms with Crippen molar-refractivity contribution in [2.75, 3.05) is 24.5 Å². The molecule has 1 saturated heterocycles. The van der Waals surface area contributed by atoms with Crippen molar-refractivity contribution in [2.45, 2.75) is 26.7 Å². The van der Waals surface area contributed by atoms with Crippen LogP contribution < -0.4 is 10.2 Å². The van der Waals surface area contributed by atoms with Gasteiger partial charge in [0.2, 0.25) is 5.91 Å². The van der Waals surface area contributed by atoms with Gasteiger partial charge in [0, 0.05) is 18.8 Å². The van der Waals surface area contributed by atoms with E-state index in [0.29, 0.717) is 6.54 Å². The van der Waals surface area contributed by atoms with E-state index in [1.165, 1.54) is 16.8 Å². The molecule has 0 aromatic heterocycles. The first kappa shape index (κ1) is 12.0. The second kappa shape index (κ2) is 5.21. The van der Waals surface area contributed by atoms with Gasteiger partial charge in [-0.2, -0.15) is 0 Å². The lowest BCUT2D eigenvalue weighted by Crippen LogP contribution is -2.33. The van der Waals surface area contributed by atoms with Gasteiger partial charge in [0.1, 0.15) is 0 Å². The zero-order valence-electron chi connectivity index (χ0n) is 10.6. The van der Waals surface area contributed by atoms with E-state index in [2.05, 4.69) is 42.3 Å². The van der Waals surface area contributed by atoms with Crippen LogP contribution in [0.1, 0.15) is 24.5 Å². The normalized spacial score (nSPS) is 16.6. The number of anilines is 1. The van der Waals surface area contributed by atoms with Crippen LogP contribution in [0.3, 0.4) is 0 Å². The molecule has 17 heavy (non-hydrogen) atoms. The highest BCUT2D eigenvalue weighted by Gasteiger charge is 2.18. The van der Waals surface area contributed by atoms with E-state index in [1.54, 1.807) is 0 Å². The van der Waals surface area contributed by atoms with Crippen molar-refractivity contribution in [3.05, 3.63) is 29.3 Å². The highest BCUT2D eigenvalue weighted by molar-refractivity contribution is 5.82. The summed E-state index contributed by atoms with van der Waals surface area (Å²) in [5.41, 5.74) is 3.85. The number of nitrogens with zero attached hydrogens (tertiary/aromatic N) is 1. The standard InChI is InChI=1S/C14H20N2O/c1-3-12-7-4-6-11(2)14(12)16-9-5-8-15-13(17)10-16/h4,6-7H,3,5,8-10H2,1-2H3,(H,15,17). The third-order valence-electron chi connectivity index (χ3n) is 3.28. The van der Waals surface area contributed by atoms with Crippen LogP contribution in [-0.4, -0.2) is 25.5 Å². The van der Waals surface area contributed by atoms with Gasteiger partial charge in [-0.25, -0.2) is 0 Å². The molecule has 0 bridgehead atoms. The highest BCUT2D eigenvalue weighted by Crippen LogP contribution is 2.26. The summed E-state index contributed by atoms with van der Waals surface area (Å²) in [6.07, 6.45) is 2.03. The largest absolute Gasteiger partial charge is 0.362 e. The van der Waals surface area contributed by atoms with Crippen molar-refractivity contribution >= 4 is 11.6 Å². The molecule has 1 amide bonds. The summed E-state index contributed by atoms with van der Waals surface area (Å²) >= 11 is 0. The molecular weight excluding hydrogens is 212 g/mol. The highest BCUT2D eigenvalue weighted by atomic mass is 16.2. The fourth-order valence-electron chi connectivity index (χ4n) is 2.45. The monoisotopic (exact) mass is 232 g/mol. The molecule has 0 saturated carbocycles. The van der Waals surface area contributed by atoms with Gasteiger partial charge in [-0.05, 0) is 30.9 Å². The minimum absolute atomic E-state index is 0.132. The molecule has 3 heteroatoms. The molecule has 2 rings (SSSR count). The van der Waals surface area contributed by atoms with E-state index < -0.39 is 0 Å². The summed E-state index contributed by atoms with van der Waals surface area (Å²) in [6.45, 7) is 6.52. The van der Waals surface area contributed by atoms with Crippen LogP contribution in [0.25, 0.3) is 0 Å². The Morgan fingerprint density at radius 3 is 3.00 bits per heavy atom. The number of carbonyl (C=O) groups is 1. The Hall–Kier alpha value is -1.51. The van der Waals surface area contributed by atoms with Crippen LogP contribution in [0.4, 0.5) is 5.69 Å². The molecule has 0 atom stereocenters. The van der Waals surface area contributed by atoms with E-state index in [1.807, 2.05) is 0 Å². The van der Waals surface area contributed by atoms with Crippen LogP contribution in [0, 0.1) is 6.92 Å². The summed E-state index contributed by atoms with van der Waals surface area (Å²) in [4.78, 5) is 13.8. The van der Waals surface area contributed by atoms with Crippen LogP contribution in [-0.2, 0) is 11.2 Å². The minimum atomic E-state index is 0.132. The van der Waals surface area contributed by atoms with E-state index in [4.69, 9.17) is 0 Å². The Morgan fingerprint density at radius 1 is 1.41 bits per heavy atom. The first-order valence-electron chi connectivity index (χ1n) is 6.32. The molecule has 92 valence electrons. The molecule has 1 aliphatic heterocycles. The predicted molar refractivity (Wildman–Crippen MR) is 70.4 cm³/mol. The first-order chi connectivity index (χ1) is 8.22. The van der Waals surface area contributed by atoms with Gasteiger partial charge in [-0.1, -0.05) is 25.1 Å². The Balaban J connectivity index is 2.34. The average Bonchev–Trinajstić information content (AvgIpc) is 2.53. The molecule has 0 unspecified atom stereocenters. The first-order valence-corrected chi connectivity index (χ1v) is 6.32. The zero-order valence-corrected chi connectivity index (χ0v) is 10.6. The third kappa shape index (κ3) is 2.60. The average molecular weight is 232 g/mol. The SMILES string of the molecule is CCc1cccc(C)c1N1CCCNC(=O)C1. The molecule has 1 aromatic carbocycles. The van der Waals surface area contributed by atoms with E-state index in [9.17, 15) is 4.79 Å². The van der Waals surface area contributed by atoms with Gasteiger partial charge < -0.3 is 10.2 Å². The number of para-hydroxylation sites is 1. The number of rotatable bonds is 2. The Kier molecular flexibility index (Phi) is 3.67. The summed E-state index contributed by atoms with van der Waals surface area (Å²) in [7, 11) is 0. The molecule has 1 N–H and O–H groups in total. The smallest absolute Gasteiger partial charge is 0.239 e. The van der Waals surface area contributed by atoms with Crippen molar-refractivity contribution in [3.63, 3.8) is 0 Å². The van der Waals surface area contributed by atoms with Crippen LogP contribution >= 0.6 is 0 Å². The fraction of sp³-hybridized carbons (Fsp3) is 0.500. The van der Waals surface area contributed by atoms with Crippen molar-refractivity contribution in [2.24, 2.45) is 0 Å². The predicted octanol–water partition coefficient (Wildman–Crippen LogP) is 1.88. The van der Waals surface area contributed by atoms with Crippen molar-refractivity contribution in [1.82, 2.24) is 5.32 Å². The summed E-state index contributed by atoms with van der Waals surface area (Å²) < 4.78 is 0. The Bertz CT molecular complexity index is 415. The maximum absolute atomic E-state index is 11.6. The summed E-state index contributed by atoms with van der Waals surface area (Å²) in [6, 6.07) is 6.37. The second-order valence-corrected chi connectivity index (χ2v) is 4.56. The number of benzene rings is 1. The Labute approximate surface area is 103 Å². The lowest BCUT2D eigenvalue weighted by Gasteiger charge is -2.26. The number of nitrogens with one attached hydrogen (secondary N) is 1. The molecule has 0 aliphatic carbocycles. The lowest BCUT2D eigenvalue weighted by molar-refractivity contribution is -0.119. The van der Waals surface area contributed by atoms with Crippen molar-refractivity contribution in [3.8, 4) is 0 Å². The number of aryl methyl sites for hydroxylation is 2. The topological polar surface area (TPSA) is 32.3 Å². The van der Waals surface area contributed by atoms with Gasteiger partial charge in [0.05, 0.1) is 6.54 Å². The van der Waals surface area contributed by atoms with E-state index in [0.717, 1.165) is 25.9 Å². The minimum Gasteiger partial charge on any atom is -0.362 e. The molecule has 3 nitrogen and oxygen atoms in total. The Morgan fingerprint density at radius 2 is 2.24 bits per heavy atom. The van der Waals surface area contributed by atoms with Crippen molar-refractivity contribution in [1.29, 1.82) is 0 Å². The molecule has 0 radical (unpaired) electrons. The van der Waals surface area contributed by atoms with Crippen LogP contribution in [0.2, 0.25) is 0 Å². The second-order valence-electron chi connectivity index (χ2n) is 4.56. The zero-order chi connectivity index (χ0) is 12.3. The number of hydrogen-bond donors (Lipinski definition) is 1. The van der Waals surface area contributed by atoms with Crippen LogP contribution in [0.15, 0.2) is 18.2 Å². The molecule has 1 heterocycles. The molecule has 1 aromatic rings. The van der Waals surface area contributed by atoms with E-state index in [-0.39, 0.29) is 5.91 Å². The van der Waals surface area contributed by atoms with Gasteiger partial charge >= 0.3 is 0 Å². The molecule has 1 aliphatic rings. The maximum atomic E-state index is 11.6. The van der Waals surface area contributed by atoms with Crippen molar-refractivity contribution < 1.29 is 4.79 Å². The quantitative estimate of drug-likeness (QED) is 0.844. The van der Waals surface area contributed by atoms with Gasteiger partial charge in [0.25, 0.3) is 0 Å². The third-order valence-corrected chi connectivity index (χ3v) is 3.28. The number of carbonyl (C=O) groups excluding carboxylic acids is 1. The fourth-order valence-corrected chi connectivity index (χ4v) is 2.45. The van der Waals surface area contributed by atoms with Crippen LogP contribution in [0.5, 0.6) is 0 Å². The summed E-state index contributed by atoms with van der Waals surface area (Å²) in [5, 5.41) is 2.92. The molecule has 1 fully saturated rings. The number of hydrogen-bond acceptors (Lipinski definition) is 2. The lowest BCUT2D eigenvalue weighted by atomic mass is 10.0. The van der Waals surface area contributed by atoms with E-state index >= 15 is 0 Å². The molecule has 0 spiro atoms. The van der Waals surface area contributed by atoms with Gasteiger partial charge in [0.15, 0.2) is 0 Å². The number of amides is 1. The molecular formula is C14H20N2O. The maximum Gasteiger partial charge on any atom is 0.239 e. The van der Waals surface area contributed by atoms with Gasteiger partial charge in [-0.3, -0.25) is 4.79 Å².